The minimum absolute atomic E-state index is 0.00140. The van der Waals surface area contributed by atoms with Crippen LogP contribution in [0.15, 0.2) is 17.0 Å². The lowest BCUT2D eigenvalue weighted by molar-refractivity contribution is 0.242. The fourth-order valence-corrected chi connectivity index (χ4v) is 3.20. The molecule has 5 nitrogen and oxygen atoms in total. The highest BCUT2D eigenvalue weighted by atomic mass is 32.2. The Morgan fingerprint density at radius 3 is 2.29 bits per heavy atom. The molecule has 0 radical (unpaired) electrons. The third-order valence-corrected chi connectivity index (χ3v) is 4.49. The summed E-state index contributed by atoms with van der Waals surface area (Å²) < 4.78 is 53.6. The van der Waals surface area contributed by atoms with Crippen molar-refractivity contribution >= 4 is 15.7 Å². The Hall–Kier alpha value is -1.25. The maximum Gasteiger partial charge on any atom is 0.246 e. The van der Waals surface area contributed by atoms with E-state index in [0.717, 1.165) is 12.1 Å². The molecule has 0 atom stereocenters. The summed E-state index contributed by atoms with van der Waals surface area (Å²) in [6.45, 7) is 3.58. The Morgan fingerprint density at radius 2 is 1.81 bits per heavy atom. The normalized spacial score (nSPS) is 12.6. The van der Waals surface area contributed by atoms with Crippen LogP contribution in [-0.4, -0.2) is 26.7 Å². The summed E-state index contributed by atoms with van der Waals surface area (Å²) in [6.07, 6.45) is 1.08. The van der Waals surface area contributed by atoms with Crippen molar-refractivity contribution in [2.24, 2.45) is 5.41 Å². The van der Waals surface area contributed by atoms with Crippen molar-refractivity contribution in [3.63, 3.8) is 0 Å². The molecule has 0 spiro atoms. The highest BCUT2D eigenvalue weighted by molar-refractivity contribution is 7.89. The van der Waals surface area contributed by atoms with Gasteiger partial charge in [-0.3, -0.25) is 0 Å². The predicted molar refractivity (Wildman–Crippen MR) is 76.1 cm³/mol. The van der Waals surface area contributed by atoms with Gasteiger partial charge in [-0.2, -0.15) is 0 Å². The summed E-state index contributed by atoms with van der Waals surface area (Å²) in [5.74, 6) is -2.46. The van der Waals surface area contributed by atoms with E-state index in [1.807, 2.05) is 0 Å². The molecule has 1 aromatic carbocycles. The Morgan fingerprint density at radius 1 is 1.29 bits per heavy atom. The third kappa shape index (κ3) is 4.90. The number of hydrogen-bond acceptors (Lipinski definition) is 4. The zero-order valence-electron chi connectivity index (χ0n) is 12.0. The van der Waals surface area contributed by atoms with E-state index in [1.54, 1.807) is 13.8 Å². The molecular formula is C13H20F2N2O3S. The highest BCUT2D eigenvalue weighted by Gasteiger charge is 2.27. The van der Waals surface area contributed by atoms with E-state index in [9.17, 15) is 17.2 Å². The molecule has 0 amide bonds. The maximum absolute atomic E-state index is 13.7. The Labute approximate surface area is 123 Å². The molecule has 120 valence electrons. The first-order valence-electron chi connectivity index (χ1n) is 6.44. The minimum Gasteiger partial charge on any atom is -0.399 e. The van der Waals surface area contributed by atoms with Crippen molar-refractivity contribution in [1.82, 2.24) is 4.72 Å². The first-order valence-corrected chi connectivity index (χ1v) is 7.92. The van der Waals surface area contributed by atoms with Crippen LogP contribution in [0.1, 0.15) is 26.7 Å². The van der Waals surface area contributed by atoms with Crippen molar-refractivity contribution < 1.29 is 22.3 Å². The fraction of sp³-hybridized carbons (Fsp3) is 0.538. The van der Waals surface area contributed by atoms with Crippen LogP contribution in [-0.2, 0) is 10.0 Å². The van der Waals surface area contributed by atoms with Crippen molar-refractivity contribution in [3.05, 3.63) is 23.8 Å². The molecule has 21 heavy (non-hydrogen) atoms. The number of sulfonamides is 1. The van der Waals surface area contributed by atoms with Gasteiger partial charge in [0.15, 0.2) is 4.90 Å². The highest BCUT2D eigenvalue weighted by Crippen LogP contribution is 2.24. The molecule has 1 aromatic rings. The van der Waals surface area contributed by atoms with Gasteiger partial charge in [-0.25, -0.2) is 21.9 Å². The number of anilines is 1. The second kappa shape index (κ2) is 6.67. The smallest absolute Gasteiger partial charge is 0.246 e. The molecule has 0 aliphatic rings. The number of nitrogens with two attached hydrogens (primary N) is 1. The van der Waals surface area contributed by atoms with Crippen LogP contribution in [0.4, 0.5) is 14.5 Å². The average Bonchev–Trinajstić information content (AvgIpc) is 2.33. The average molecular weight is 322 g/mol. The van der Waals surface area contributed by atoms with E-state index in [0.29, 0.717) is 12.8 Å². The second-order valence-electron chi connectivity index (χ2n) is 5.63. The predicted octanol–water partition coefficient (Wildman–Crippen LogP) is 1.62. The zero-order chi connectivity index (χ0) is 16.3. The summed E-state index contributed by atoms with van der Waals surface area (Å²) in [7, 11) is -4.31. The van der Waals surface area contributed by atoms with Crippen molar-refractivity contribution in [3.8, 4) is 0 Å². The van der Waals surface area contributed by atoms with Gasteiger partial charge in [0.05, 0.1) is 0 Å². The quantitative estimate of drug-likeness (QED) is 0.665. The van der Waals surface area contributed by atoms with Crippen molar-refractivity contribution in [1.29, 1.82) is 0 Å². The number of aliphatic hydroxyl groups excluding tert-OH is 1. The van der Waals surface area contributed by atoms with Gasteiger partial charge in [0, 0.05) is 18.8 Å². The molecule has 1 rings (SSSR count). The van der Waals surface area contributed by atoms with E-state index in [-0.39, 0.29) is 18.8 Å². The largest absolute Gasteiger partial charge is 0.399 e. The molecule has 0 aromatic heterocycles. The molecule has 0 bridgehead atoms. The second-order valence-corrected chi connectivity index (χ2v) is 7.33. The molecule has 4 N–H and O–H groups in total. The number of nitrogens with one attached hydrogen (secondary N) is 1. The van der Waals surface area contributed by atoms with Crippen LogP contribution in [0.5, 0.6) is 0 Å². The topological polar surface area (TPSA) is 92.4 Å². The van der Waals surface area contributed by atoms with Gasteiger partial charge in [-0.15, -0.1) is 0 Å². The molecule has 0 aliphatic heterocycles. The first-order chi connectivity index (χ1) is 9.59. The standard InChI is InChI=1S/C13H20F2N2O3S/c1-13(2,4-3-5-18)8-17-21(19,20)12-10(14)6-9(16)7-11(12)15/h6-7,17-18H,3-5,8,16H2,1-2H3. The summed E-state index contributed by atoms with van der Waals surface area (Å²) in [5.41, 5.74) is 4.62. The monoisotopic (exact) mass is 322 g/mol. The van der Waals surface area contributed by atoms with Gasteiger partial charge in [0.25, 0.3) is 0 Å². The van der Waals surface area contributed by atoms with Gasteiger partial charge >= 0.3 is 0 Å². The minimum atomic E-state index is -4.31. The fourth-order valence-electron chi connectivity index (χ4n) is 1.84. The van der Waals surface area contributed by atoms with Crippen molar-refractivity contribution in [2.75, 3.05) is 18.9 Å². The number of halogens is 2. The molecule has 0 fully saturated rings. The molecular weight excluding hydrogens is 302 g/mol. The number of nitrogen functional groups attached to an aromatic ring is 1. The van der Waals surface area contributed by atoms with Crippen molar-refractivity contribution in [2.45, 2.75) is 31.6 Å². The lowest BCUT2D eigenvalue weighted by atomic mass is 9.88. The molecule has 0 heterocycles. The van der Waals surface area contributed by atoms with Crippen LogP contribution in [0.3, 0.4) is 0 Å². The van der Waals surface area contributed by atoms with E-state index < -0.39 is 32.0 Å². The van der Waals surface area contributed by atoms with Gasteiger partial charge in [-0.1, -0.05) is 13.8 Å². The van der Waals surface area contributed by atoms with E-state index in [1.165, 1.54) is 0 Å². The summed E-state index contributed by atoms with van der Waals surface area (Å²) in [4.78, 5) is -1.03. The Bertz CT molecular complexity index is 580. The third-order valence-electron chi connectivity index (χ3n) is 3.04. The van der Waals surface area contributed by atoms with Gasteiger partial charge in [0.1, 0.15) is 11.6 Å². The lowest BCUT2D eigenvalue weighted by Crippen LogP contribution is -2.35. The molecule has 8 heteroatoms. The van der Waals surface area contributed by atoms with E-state index in [2.05, 4.69) is 4.72 Å². The molecule has 0 saturated carbocycles. The van der Waals surface area contributed by atoms with Gasteiger partial charge in [0.2, 0.25) is 10.0 Å². The maximum atomic E-state index is 13.7. The zero-order valence-corrected chi connectivity index (χ0v) is 12.8. The van der Waals surface area contributed by atoms with Gasteiger partial charge < -0.3 is 10.8 Å². The Balaban J connectivity index is 2.93. The van der Waals surface area contributed by atoms with Gasteiger partial charge in [-0.05, 0) is 30.4 Å². The number of hydrogen-bond donors (Lipinski definition) is 3. The van der Waals surface area contributed by atoms with Crippen LogP contribution < -0.4 is 10.5 Å². The summed E-state index contributed by atoms with van der Waals surface area (Å²) in [6, 6.07) is 1.52. The molecule has 0 saturated heterocycles. The number of aliphatic hydroxyl groups is 1. The number of benzene rings is 1. The van der Waals surface area contributed by atoms with E-state index in [4.69, 9.17) is 10.8 Å². The number of rotatable bonds is 7. The van der Waals surface area contributed by atoms with Crippen LogP contribution >= 0.6 is 0 Å². The first kappa shape index (κ1) is 17.8. The van der Waals surface area contributed by atoms with Crippen LogP contribution in [0.25, 0.3) is 0 Å². The summed E-state index contributed by atoms with van der Waals surface area (Å²) >= 11 is 0. The Kier molecular flexibility index (Phi) is 5.66. The molecule has 0 aliphatic carbocycles. The SMILES string of the molecule is CC(C)(CCCO)CNS(=O)(=O)c1c(F)cc(N)cc1F. The lowest BCUT2D eigenvalue weighted by Gasteiger charge is -2.24. The molecule has 0 unspecified atom stereocenters. The van der Waals surface area contributed by atoms with E-state index >= 15 is 0 Å². The van der Waals surface area contributed by atoms with Crippen LogP contribution in [0, 0.1) is 17.0 Å². The van der Waals surface area contributed by atoms with Crippen LogP contribution in [0.2, 0.25) is 0 Å². The summed E-state index contributed by atoms with van der Waals surface area (Å²) in [5, 5.41) is 8.78.